The lowest BCUT2D eigenvalue weighted by molar-refractivity contribution is -0.361. The minimum atomic E-state index is -5.07. The van der Waals surface area contributed by atoms with E-state index in [0.29, 0.717) is 19.3 Å². The van der Waals surface area contributed by atoms with Crippen molar-refractivity contribution < 1.29 is 101 Å². The first-order valence-electron chi connectivity index (χ1n) is 23.6. The molecule has 0 radical (unpaired) electrons. The molecule has 21 nitrogen and oxygen atoms in total. The van der Waals surface area contributed by atoms with E-state index >= 15 is 0 Å². The Morgan fingerprint density at radius 3 is 2.26 bits per heavy atom. The molecule has 0 bridgehead atoms. The molecule has 380 valence electrons. The van der Waals surface area contributed by atoms with Gasteiger partial charge in [-0.1, -0.05) is 39.3 Å². The van der Waals surface area contributed by atoms with Gasteiger partial charge in [0, 0.05) is 24.2 Å². The number of aliphatic hydroxyl groups is 10. The van der Waals surface area contributed by atoms with Crippen LogP contribution in [0.2, 0.25) is 0 Å². The van der Waals surface area contributed by atoms with Crippen LogP contribution in [0.1, 0.15) is 86.0 Å². The molecule has 0 aromatic rings. The number of allylic oxidation sites excluding steroid dienone is 1. The molecule has 8 aliphatic rings. The zero-order valence-electron chi connectivity index (χ0n) is 38.0. The molecule has 11 N–H and O–H groups in total. The summed E-state index contributed by atoms with van der Waals surface area (Å²) in [5.74, 6) is -1.22. The summed E-state index contributed by atoms with van der Waals surface area (Å²) in [6.07, 6.45) is -16.0. The van der Waals surface area contributed by atoms with Crippen LogP contribution in [-0.4, -0.2) is 194 Å². The van der Waals surface area contributed by atoms with Crippen LogP contribution in [0.5, 0.6) is 0 Å². The second kappa shape index (κ2) is 19.2. The van der Waals surface area contributed by atoms with Gasteiger partial charge in [0.2, 0.25) is 0 Å². The van der Waals surface area contributed by atoms with Crippen LogP contribution in [0, 0.1) is 46.3 Å². The van der Waals surface area contributed by atoms with E-state index < -0.39 is 133 Å². The molecule has 22 heteroatoms. The quantitative estimate of drug-likeness (QED) is 0.0747. The first kappa shape index (κ1) is 51.3. The van der Waals surface area contributed by atoms with E-state index in [1.54, 1.807) is 0 Å². The molecular weight excluding hydrogens is 897 g/mol. The van der Waals surface area contributed by atoms with E-state index in [1.165, 1.54) is 6.92 Å². The number of ether oxygens (including phenoxy) is 7. The highest BCUT2D eigenvalue weighted by atomic mass is 32.3. The van der Waals surface area contributed by atoms with Crippen LogP contribution in [0.4, 0.5) is 0 Å². The standard InChI is InChI=1S/C44H72O21S/c1-18(16-58-39-36(52)35(51)32(48)27(15-45)61-39)8-11-44(54)19(2)30-26(64-44)14-25-23-7-6-21-12-22(46)13-29(43(21,5)24(23)9-10-42(25,30)4)62-41-38(33(49)28(17-59-41)65-66(55,56)57)63-40-37(53)34(50)31(47)20(3)60-40/h6,18-20,22-41,45-54H,7-17H2,1-5H3,(H,55,56,57)/t18-,19+,20+,22-,23-,24+,25+,26+,27-,28+,29-,30+,31+,32-,33+,34-,35+,36-,37-,38-,39-,40+,41+,42+,43+,44-/m1/s1. The molecule has 8 rings (SSSR count). The molecule has 0 aromatic carbocycles. The molecular formula is C44H72O21S. The Labute approximate surface area is 384 Å². The van der Waals surface area contributed by atoms with E-state index in [2.05, 4.69) is 26.8 Å². The van der Waals surface area contributed by atoms with Gasteiger partial charge in [0.1, 0.15) is 61.0 Å². The minimum absolute atomic E-state index is 0.0557. The van der Waals surface area contributed by atoms with Crippen LogP contribution in [0.25, 0.3) is 0 Å². The van der Waals surface area contributed by atoms with Gasteiger partial charge in [0.05, 0.1) is 44.2 Å². The largest absolute Gasteiger partial charge is 0.397 e. The summed E-state index contributed by atoms with van der Waals surface area (Å²) in [6.45, 7) is 8.86. The number of fused-ring (bicyclic) bond motifs is 7. The maximum Gasteiger partial charge on any atom is 0.397 e. The summed E-state index contributed by atoms with van der Waals surface area (Å²) in [5.41, 5.74) is 0.183. The average molecular weight is 969 g/mol. The molecule has 26 atom stereocenters. The molecule has 66 heavy (non-hydrogen) atoms. The number of rotatable bonds is 13. The third-order valence-electron chi connectivity index (χ3n) is 17.3. The number of hydrogen-bond acceptors (Lipinski definition) is 20. The van der Waals surface area contributed by atoms with Gasteiger partial charge < -0.3 is 84.2 Å². The fourth-order valence-electron chi connectivity index (χ4n) is 13.6. The van der Waals surface area contributed by atoms with Crippen molar-refractivity contribution in [1.82, 2.24) is 0 Å². The fourth-order valence-corrected chi connectivity index (χ4v) is 14.0. The zero-order chi connectivity index (χ0) is 48.0. The zero-order valence-corrected chi connectivity index (χ0v) is 38.9. The van der Waals surface area contributed by atoms with Crippen LogP contribution < -0.4 is 0 Å². The predicted octanol–water partition coefficient (Wildman–Crippen LogP) is -1.39. The third-order valence-corrected chi connectivity index (χ3v) is 17.8. The lowest BCUT2D eigenvalue weighted by atomic mass is 9.46. The molecule has 4 saturated heterocycles. The lowest BCUT2D eigenvalue weighted by Crippen LogP contribution is -2.63. The van der Waals surface area contributed by atoms with Gasteiger partial charge in [0.15, 0.2) is 24.7 Å². The van der Waals surface area contributed by atoms with E-state index in [9.17, 15) is 64.0 Å². The summed E-state index contributed by atoms with van der Waals surface area (Å²) in [4.78, 5) is 0. The highest BCUT2D eigenvalue weighted by Crippen LogP contribution is 2.70. The molecule has 0 unspecified atom stereocenters. The smallest absolute Gasteiger partial charge is 0.394 e. The minimum Gasteiger partial charge on any atom is -0.394 e. The average Bonchev–Trinajstić information content (AvgIpc) is 3.69. The molecule has 7 fully saturated rings. The molecule has 4 heterocycles. The van der Waals surface area contributed by atoms with E-state index in [-0.39, 0.29) is 60.1 Å². The Balaban J connectivity index is 0.955. The summed E-state index contributed by atoms with van der Waals surface area (Å²) in [5, 5.41) is 107. The van der Waals surface area contributed by atoms with Crippen molar-refractivity contribution in [3.05, 3.63) is 11.6 Å². The van der Waals surface area contributed by atoms with Crippen LogP contribution in [0.15, 0.2) is 11.6 Å². The third kappa shape index (κ3) is 9.20. The Bertz CT molecular complexity index is 1840. The molecule has 0 amide bonds. The second-order valence-corrected chi connectivity index (χ2v) is 22.2. The lowest BCUT2D eigenvalue weighted by Gasteiger charge is -2.60. The van der Waals surface area contributed by atoms with Crippen molar-refractivity contribution in [2.45, 2.75) is 196 Å². The maximum absolute atomic E-state index is 12.1. The summed E-state index contributed by atoms with van der Waals surface area (Å²) < 4.78 is 80.0. The van der Waals surface area contributed by atoms with Gasteiger partial charge in [-0.25, -0.2) is 4.18 Å². The predicted molar refractivity (Wildman–Crippen MR) is 223 cm³/mol. The highest BCUT2D eigenvalue weighted by molar-refractivity contribution is 7.80. The van der Waals surface area contributed by atoms with E-state index in [0.717, 1.165) is 31.3 Å². The van der Waals surface area contributed by atoms with Crippen LogP contribution in [0.3, 0.4) is 0 Å². The van der Waals surface area contributed by atoms with E-state index in [4.69, 9.17) is 37.3 Å². The highest BCUT2D eigenvalue weighted by Gasteiger charge is 2.69. The number of aliphatic hydroxyl groups excluding tert-OH is 9. The van der Waals surface area contributed by atoms with Crippen molar-refractivity contribution in [2.24, 2.45) is 46.3 Å². The van der Waals surface area contributed by atoms with Crippen molar-refractivity contribution in [3.63, 3.8) is 0 Å². The Morgan fingerprint density at radius 1 is 0.864 bits per heavy atom. The molecule has 4 aliphatic heterocycles. The van der Waals surface area contributed by atoms with Crippen LogP contribution in [-0.2, 0) is 47.7 Å². The SMILES string of the molecule is C[C@H](CC[C@@]1(O)O[C@H]2C[C@H]3[C@@H]4CC=C5C[C@@H](O)C[C@@H](O[C@@H]6OC[C@H](OS(=O)(=O)O)[C@H](O)[C@H]6O[C@@H]6O[C@@H](C)[C@H](O)[C@@H](O)[C@H]6O)[C@]5(C)[C@H]4CC[C@]3(C)[C@H]2[C@@H]1C)CO[C@@H]1O[C@H](CO)[C@@H](O)[C@H](O)[C@H]1O. The van der Waals surface area contributed by atoms with Crippen molar-refractivity contribution in [3.8, 4) is 0 Å². The van der Waals surface area contributed by atoms with Crippen LogP contribution >= 0.6 is 0 Å². The normalized spacial score (nSPS) is 53.3. The monoisotopic (exact) mass is 968 g/mol. The van der Waals surface area contributed by atoms with Gasteiger partial charge in [-0.05, 0) is 80.5 Å². The summed E-state index contributed by atoms with van der Waals surface area (Å²) >= 11 is 0. The molecule has 4 aliphatic carbocycles. The first-order chi connectivity index (χ1) is 30.9. The van der Waals surface area contributed by atoms with Gasteiger partial charge in [-0.2, -0.15) is 8.42 Å². The van der Waals surface area contributed by atoms with Crippen molar-refractivity contribution >= 4 is 10.4 Å². The van der Waals surface area contributed by atoms with Gasteiger partial charge in [0.25, 0.3) is 0 Å². The Hall–Kier alpha value is -1.07. The molecule has 0 spiro atoms. The summed E-state index contributed by atoms with van der Waals surface area (Å²) in [7, 11) is -5.07. The van der Waals surface area contributed by atoms with Gasteiger partial charge in [-0.3, -0.25) is 4.55 Å². The molecule has 3 saturated carbocycles. The van der Waals surface area contributed by atoms with Gasteiger partial charge >= 0.3 is 10.4 Å². The van der Waals surface area contributed by atoms with Crippen molar-refractivity contribution in [1.29, 1.82) is 0 Å². The number of hydrogen-bond donors (Lipinski definition) is 11. The Kier molecular flexibility index (Phi) is 14.9. The molecule has 0 aromatic heterocycles. The maximum atomic E-state index is 12.1. The first-order valence-corrected chi connectivity index (χ1v) is 24.9. The Morgan fingerprint density at radius 2 is 1.56 bits per heavy atom. The fraction of sp³-hybridized carbons (Fsp3) is 0.955. The second-order valence-electron chi connectivity index (χ2n) is 21.1. The topological polar surface area (TPSA) is 331 Å². The van der Waals surface area contributed by atoms with E-state index in [1.807, 2.05) is 6.92 Å². The van der Waals surface area contributed by atoms with Gasteiger partial charge in [-0.15, -0.1) is 0 Å². The summed E-state index contributed by atoms with van der Waals surface area (Å²) in [6, 6.07) is 0. The van der Waals surface area contributed by atoms with Crippen molar-refractivity contribution in [2.75, 3.05) is 19.8 Å².